The van der Waals surface area contributed by atoms with Gasteiger partial charge in [-0.1, -0.05) is 6.92 Å². The third kappa shape index (κ3) is 3.83. The predicted octanol–water partition coefficient (Wildman–Crippen LogP) is 2.42. The van der Waals surface area contributed by atoms with Crippen LogP contribution in [0.2, 0.25) is 0 Å². The molecule has 1 fully saturated rings. The molecular formula is C17H26N2O2. The largest absolute Gasteiger partial charge is 0.496 e. The monoisotopic (exact) mass is 290 g/mol. The molecule has 21 heavy (non-hydrogen) atoms. The van der Waals surface area contributed by atoms with Crippen LogP contribution in [0.4, 0.5) is 0 Å². The van der Waals surface area contributed by atoms with E-state index in [-0.39, 0.29) is 5.78 Å². The SMILES string of the molecule is CCC1CN(Cc2cc(C(C)=O)ccc2OC)CCN1C. The summed E-state index contributed by atoms with van der Waals surface area (Å²) in [7, 11) is 3.88. The van der Waals surface area contributed by atoms with Crippen molar-refractivity contribution in [3.63, 3.8) is 0 Å². The number of ketones is 1. The van der Waals surface area contributed by atoms with E-state index in [1.165, 1.54) is 0 Å². The summed E-state index contributed by atoms with van der Waals surface area (Å²) in [6.07, 6.45) is 1.16. The second kappa shape index (κ2) is 7.05. The molecule has 1 saturated heterocycles. The number of ether oxygens (including phenoxy) is 1. The number of nitrogens with zero attached hydrogens (tertiary/aromatic N) is 2. The van der Waals surface area contributed by atoms with Gasteiger partial charge in [0.05, 0.1) is 7.11 Å². The Balaban J connectivity index is 2.14. The second-order valence-electron chi connectivity index (χ2n) is 5.86. The zero-order valence-electron chi connectivity index (χ0n) is 13.6. The van der Waals surface area contributed by atoms with Gasteiger partial charge in [-0.3, -0.25) is 9.69 Å². The predicted molar refractivity (Wildman–Crippen MR) is 85.0 cm³/mol. The van der Waals surface area contributed by atoms with Crippen molar-refractivity contribution in [1.82, 2.24) is 9.80 Å². The van der Waals surface area contributed by atoms with Crippen LogP contribution >= 0.6 is 0 Å². The Morgan fingerprint density at radius 2 is 2.14 bits per heavy atom. The molecule has 1 aromatic carbocycles. The molecule has 0 saturated carbocycles. The maximum absolute atomic E-state index is 11.6. The van der Waals surface area contributed by atoms with Gasteiger partial charge in [-0.05, 0) is 38.6 Å². The van der Waals surface area contributed by atoms with E-state index >= 15 is 0 Å². The molecule has 1 unspecified atom stereocenters. The van der Waals surface area contributed by atoms with Crippen LogP contribution in [0.15, 0.2) is 18.2 Å². The number of methoxy groups -OCH3 is 1. The summed E-state index contributed by atoms with van der Waals surface area (Å²) in [6.45, 7) is 7.90. The second-order valence-corrected chi connectivity index (χ2v) is 5.86. The van der Waals surface area contributed by atoms with Gasteiger partial charge in [-0.25, -0.2) is 0 Å². The zero-order chi connectivity index (χ0) is 15.4. The number of carbonyl (C=O) groups excluding carboxylic acids is 1. The van der Waals surface area contributed by atoms with E-state index < -0.39 is 0 Å². The van der Waals surface area contributed by atoms with Gasteiger partial charge in [0.25, 0.3) is 0 Å². The van der Waals surface area contributed by atoms with E-state index in [0.717, 1.165) is 49.5 Å². The van der Waals surface area contributed by atoms with Crippen molar-refractivity contribution in [1.29, 1.82) is 0 Å². The summed E-state index contributed by atoms with van der Waals surface area (Å²) in [5, 5.41) is 0. The topological polar surface area (TPSA) is 32.8 Å². The van der Waals surface area contributed by atoms with Crippen molar-refractivity contribution in [2.24, 2.45) is 0 Å². The smallest absolute Gasteiger partial charge is 0.159 e. The van der Waals surface area contributed by atoms with Crippen molar-refractivity contribution in [3.8, 4) is 5.75 Å². The van der Waals surface area contributed by atoms with E-state index in [4.69, 9.17) is 4.74 Å². The van der Waals surface area contributed by atoms with E-state index in [9.17, 15) is 4.79 Å². The minimum absolute atomic E-state index is 0.101. The normalized spacial score (nSPS) is 20.5. The Kier molecular flexibility index (Phi) is 5.37. The Labute approximate surface area is 127 Å². The van der Waals surface area contributed by atoms with Crippen molar-refractivity contribution in [2.75, 3.05) is 33.8 Å². The lowest BCUT2D eigenvalue weighted by molar-refractivity contribution is 0.0877. The number of piperazine rings is 1. The number of rotatable bonds is 5. The number of hydrogen-bond donors (Lipinski definition) is 0. The molecule has 1 aliphatic heterocycles. The Bertz CT molecular complexity index is 502. The van der Waals surface area contributed by atoms with Crippen LogP contribution in [0.3, 0.4) is 0 Å². The number of benzene rings is 1. The third-order valence-electron chi connectivity index (χ3n) is 4.41. The summed E-state index contributed by atoms with van der Waals surface area (Å²) in [5.74, 6) is 0.968. The lowest BCUT2D eigenvalue weighted by Crippen LogP contribution is -2.50. The number of likely N-dealkylation sites (N-methyl/N-ethyl adjacent to an activating group) is 1. The fourth-order valence-corrected chi connectivity index (χ4v) is 2.96. The molecule has 0 spiro atoms. The first-order valence-electron chi connectivity index (χ1n) is 7.65. The number of carbonyl (C=O) groups is 1. The van der Waals surface area contributed by atoms with Gasteiger partial charge in [-0.2, -0.15) is 0 Å². The molecule has 0 bridgehead atoms. The van der Waals surface area contributed by atoms with Crippen molar-refractivity contribution in [2.45, 2.75) is 32.9 Å². The Hall–Kier alpha value is -1.39. The maximum atomic E-state index is 11.6. The van der Waals surface area contributed by atoms with Crippen molar-refractivity contribution in [3.05, 3.63) is 29.3 Å². The molecular weight excluding hydrogens is 264 g/mol. The van der Waals surface area contributed by atoms with Gasteiger partial charge < -0.3 is 9.64 Å². The summed E-state index contributed by atoms with van der Waals surface area (Å²) in [4.78, 5) is 16.5. The highest BCUT2D eigenvalue weighted by Crippen LogP contribution is 2.23. The fraction of sp³-hybridized carbons (Fsp3) is 0.588. The van der Waals surface area contributed by atoms with Gasteiger partial charge >= 0.3 is 0 Å². The van der Waals surface area contributed by atoms with Crippen LogP contribution in [0.5, 0.6) is 5.75 Å². The first-order chi connectivity index (χ1) is 10.0. The average Bonchev–Trinajstić information content (AvgIpc) is 2.49. The van der Waals surface area contributed by atoms with Crippen LogP contribution in [0.25, 0.3) is 0 Å². The lowest BCUT2D eigenvalue weighted by Gasteiger charge is -2.39. The maximum Gasteiger partial charge on any atom is 0.159 e. The molecule has 0 amide bonds. The van der Waals surface area contributed by atoms with Crippen LogP contribution in [0.1, 0.15) is 36.2 Å². The summed E-state index contributed by atoms with van der Waals surface area (Å²) in [5.41, 5.74) is 1.86. The van der Waals surface area contributed by atoms with Gasteiger partial charge in [0.15, 0.2) is 5.78 Å². The molecule has 4 nitrogen and oxygen atoms in total. The minimum atomic E-state index is 0.101. The highest BCUT2D eigenvalue weighted by atomic mass is 16.5. The zero-order valence-corrected chi connectivity index (χ0v) is 13.6. The molecule has 0 aromatic heterocycles. The Morgan fingerprint density at radius 1 is 1.38 bits per heavy atom. The molecule has 116 valence electrons. The highest BCUT2D eigenvalue weighted by molar-refractivity contribution is 5.94. The first kappa shape index (κ1) is 16.0. The average molecular weight is 290 g/mol. The highest BCUT2D eigenvalue weighted by Gasteiger charge is 2.23. The molecule has 2 rings (SSSR count). The molecule has 0 N–H and O–H groups in total. The molecule has 1 atom stereocenters. The van der Waals surface area contributed by atoms with E-state index in [1.807, 2.05) is 18.2 Å². The number of hydrogen-bond acceptors (Lipinski definition) is 4. The van der Waals surface area contributed by atoms with E-state index in [1.54, 1.807) is 14.0 Å². The van der Waals surface area contributed by atoms with Crippen LogP contribution in [-0.2, 0) is 6.54 Å². The van der Waals surface area contributed by atoms with Crippen LogP contribution < -0.4 is 4.74 Å². The van der Waals surface area contributed by atoms with Crippen LogP contribution in [0, 0.1) is 0 Å². The third-order valence-corrected chi connectivity index (χ3v) is 4.41. The summed E-state index contributed by atoms with van der Waals surface area (Å²) in [6, 6.07) is 6.32. The molecule has 4 heteroatoms. The standard InChI is InChI=1S/C17H26N2O2/c1-5-16-12-19(9-8-18(16)3)11-15-10-14(13(2)20)6-7-17(15)21-4/h6-7,10,16H,5,8-9,11-12H2,1-4H3. The number of Topliss-reactive ketones (excluding diaryl/α,β-unsaturated/α-hetero) is 1. The van der Waals surface area contributed by atoms with Crippen molar-refractivity contribution < 1.29 is 9.53 Å². The molecule has 0 aliphatic carbocycles. The first-order valence-corrected chi connectivity index (χ1v) is 7.65. The van der Waals surface area contributed by atoms with Crippen molar-refractivity contribution >= 4 is 5.78 Å². The van der Waals surface area contributed by atoms with Gasteiger partial charge in [0, 0.05) is 43.3 Å². The molecule has 1 heterocycles. The minimum Gasteiger partial charge on any atom is -0.496 e. The van der Waals surface area contributed by atoms with Gasteiger partial charge in [0.1, 0.15) is 5.75 Å². The van der Waals surface area contributed by atoms with Crippen LogP contribution in [-0.4, -0.2) is 55.4 Å². The quantitative estimate of drug-likeness (QED) is 0.780. The van der Waals surface area contributed by atoms with E-state index in [2.05, 4.69) is 23.8 Å². The fourth-order valence-electron chi connectivity index (χ4n) is 2.96. The molecule has 0 radical (unpaired) electrons. The Morgan fingerprint density at radius 3 is 2.76 bits per heavy atom. The lowest BCUT2D eigenvalue weighted by atomic mass is 10.0. The summed E-state index contributed by atoms with van der Waals surface area (Å²) < 4.78 is 5.45. The van der Waals surface area contributed by atoms with Gasteiger partial charge in [-0.15, -0.1) is 0 Å². The summed E-state index contributed by atoms with van der Waals surface area (Å²) >= 11 is 0. The molecule has 1 aromatic rings. The van der Waals surface area contributed by atoms with E-state index in [0.29, 0.717) is 6.04 Å². The van der Waals surface area contributed by atoms with Gasteiger partial charge in [0.2, 0.25) is 0 Å². The molecule has 1 aliphatic rings.